The molecule has 0 spiro atoms. The summed E-state index contributed by atoms with van der Waals surface area (Å²) in [4.78, 5) is 25.1. The molecular formula is C21H29ClF2N2O4. The Bertz CT molecular complexity index is 732. The Morgan fingerprint density at radius 3 is 2.50 bits per heavy atom. The van der Waals surface area contributed by atoms with Gasteiger partial charge in [0, 0.05) is 19.6 Å². The van der Waals surface area contributed by atoms with Gasteiger partial charge in [0.25, 0.3) is 0 Å². The zero-order valence-corrected chi connectivity index (χ0v) is 18.3. The first-order chi connectivity index (χ1) is 14.1. The Hall–Kier alpha value is -2.09. The molecular weight excluding hydrogens is 418 g/mol. The summed E-state index contributed by atoms with van der Waals surface area (Å²) in [7, 11) is 0. The van der Waals surface area contributed by atoms with E-state index in [0.717, 1.165) is 5.56 Å². The molecule has 0 bridgehead atoms. The lowest BCUT2D eigenvalue weighted by Crippen LogP contribution is -2.41. The van der Waals surface area contributed by atoms with Crippen molar-refractivity contribution >= 4 is 23.6 Å². The van der Waals surface area contributed by atoms with E-state index in [1.165, 1.54) is 0 Å². The van der Waals surface area contributed by atoms with Crippen molar-refractivity contribution in [2.45, 2.75) is 58.2 Å². The molecule has 0 aliphatic carbocycles. The fourth-order valence-corrected chi connectivity index (χ4v) is 3.46. The number of benzene rings is 1. The van der Waals surface area contributed by atoms with E-state index in [-0.39, 0.29) is 29.5 Å². The molecule has 2 rings (SSSR count). The molecule has 168 valence electrons. The molecule has 1 aromatic rings. The van der Waals surface area contributed by atoms with Crippen LogP contribution in [0.2, 0.25) is 0 Å². The van der Waals surface area contributed by atoms with Crippen LogP contribution in [0, 0.1) is 0 Å². The molecule has 0 aromatic heterocycles. The highest BCUT2D eigenvalue weighted by atomic mass is 35.5. The predicted octanol–water partition coefficient (Wildman–Crippen LogP) is 4.30. The first-order valence-corrected chi connectivity index (χ1v) is 10.5. The minimum atomic E-state index is -2.93. The maximum atomic E-state index is 13.0. The van der Waals surface area contributed by atoms with Crippen LogP contribution in [0.4, 0.5) is 13.6 Å². The highest BCUT2D eigenvalue weighted by Gasteiger charge is 2.29. The van der Waals surface area contributed by atoms with Crippen molar-refractivity contribution in [2.24, 2.45) is 0 Å². The van der Waals surface area contributed by atoms with Gasteiger partial charge in [-0.2, -0.15) is 8.78 Å². The Kier molecular flexibility index (Phi) is 8.70. The topological polar surface area (TPSA) is 67.9 Å². The third-order valence-electron chi connectivity index (χ3n) is 4.74. The van der Waals surface area contributed by atoms with Crippen LogP contribution in [0.1, 0.15) is 50.7 Å². The minimum absolute atomic E-state index is 0.00226. The molecule has 1 aromatic carbocycles. The van der Waals surface area contributed by atoms with Gasteiger partial charge in [0.2, 0.25) is 5.91 Å². The number of carbonyl (C=O) groups excluding carboxylic acids is 2. The number of nitrogens with one attached hydrogen (secondary N) is 1. The Morgan fingerprint density at radius 1 is 1.27 bits per heavy atom. The van der Waals surface area contributed by atoms with Gasteiger partial charge < -0.3 is 19.7 Å². The highest BCUT2D eigenvalue weighted by molar-refractivity contribution is 6.27. The van der Waals surface area contributed by atoms with Gasteiger partial charge in [-0.15, -0.1) is 11.6 Å². The van der Waals surface area contributed by atoms with Crippen LogP contribution in [-0.4, -0.2) is 54.6 Å². The lowest BCUT2D eigenvalue weighted by atomic mass is 9.88. The SMILES string of the molecule is CC(C)(C)OC(=O)N1CCC(c2ccc(CCNC(=O)CCl)cc2OC(F)F)CC1. The molecule has 1 saturated heterocycles. The molecule has 1 heterocycles. The van der Waals surface area contributed by atoms with E-state index >= 15 is 0 Å². The normalized spacial score (nSPS) is 15.2. The molecule has 30 heavy (non-hydrogen) atoms. The van der Waals surface area contributed by atoms with Gasteiger partial charge in [-0.1, -0.05) is 12.1 Å². The van der Waals surface area contributed by atoms with E-state index in [4.69, 9.17) is 21.1 Å². The largest absolute Gasteiger partial charge is 0.444 e. The van der Waals surface area contributed by atoms with Crippen molar-refractivity contribution in [1.29, 1.82) is 0 Å². The zero-order valence-electron chi connectivity index (χ0n) is 17.6. The summed E-state index contributed by atoms with van der Waals surface area (Å²) >= 11 is 5.44. The lowest BCUT2D eigenvalue weighted by molar-refractivity contribution is -0.118. The molecule has 2 amide bonds. The fourth-order valence-electron chi connectivity index (χ4n) is 3.36. The van der Waals surface area contributed by atoms with Gasteiger partial charge in [-0.3, -0.25) is 4.79 Å². The summed E-state index contributed by atoms with van der Waals surface area (Å²) in [5.41, 5.74) is 0.911. The molecule has 9 heteroatoms. The van der Waals surface area contributed by atoms with E-state index in [1.807, 2.05) is 26.8 Å². The van der Waals surface area contributed by atoms with Gasteiger partial charge in [0.1, 0.15) is 17.2 Å². The van der Waals surface area contributed by atoms with Crippen LogP contribution < -0.4 is 10.1 Å². The van der Waals surface area contributed by atoms with Crippen LogP contribution in [0.25, 0.3) is 0 Å². The van der Waals surface area contributed by atoms with Crippen molar-refractivity contribution in [3.63, 3.8) is 0 Å². The fraction of sp³-hybridized carbons (Fsp3) is 0.619. The first kappa shape index (κ1) is 24.2. The molecule has 1 N–H and O–H groups in total. The van der Waals surface area contributed by atoms with Crippen LogP contribution >= 0.6 is 11.6 Å². The maximum absolute atomic E-state index is 13.0. The van der Waals surface area contributed by atoms with Gasteiger partial charge in [0.15, 0.2) is 0 Å². The number of amides is 2. The van der Waals surface area contributed by atoms with Crippen LogP contribution in [0.15, 0.2) is 18.2 Å². The van der Waals surface area contributed by atoms with Crippen molar-refractivity contribution in [2.75, 3.05) is 25.5 Å². The summed E-state index contributed by atoms with van der Waals surface area (Å²) < 4.78 is 36.1. The highest BCUT2D eigenvalue weighted by Crippen LogP contribution is 2.36. The number of nitrogens with zero attached hydrogens (tertiary/aromatic N) is 1. The van der Waals surface area contributed by atoms with Crippen LogP contribution in [0.3, 0.4) is 0 Å². The van der Waals surface area contributed by atoms with E-state index < -0.39 is 12.2 Å². The summed E-state index contributed by atoms with van der Waals surface area (Å²) in [5.74, 6) is -0.265. The summed E-state index contributed by atoms with van der Waals surface area (Å²) in [6.07, 6.45) is 1.37. The minimum Gasteiger partial charge on any atom is -0.444 e. The van der Waals surface area contributed by atoms with E-state index in [0.29, 0.717) is 44.5 Å². The molecule has 1 aliphatic rings. The standard InChI is InChI=1S/C21H29ClF2N2O4/c1-21(2,3)30-20(28)26-10-7-15(8-11-26)16-5-4-14(6-9-25-18(27)13-22)12-17(16)29-19(23)24/h4-5,12,15,19H,6-11,13H2,1-3H3,(H,25,27). The monoisotopic (exact) mass is 446 g/mol. The van der Waals surface area contributed by atoms with Crippen molar-refractivity contribution in [1.82, 2.24) is 10.2 Å². The summed E-state index contributed by atoms with van der Waals surface area (Å²) in [6.45, 7) is 3.83. The smallest absolute Gasteiger partial charge is 0.410 e. The van der Waals surface area contributed by atoms with Crippen LogP contribution in [0.5, 0.6) is 5.75 Å². The van der Waals surface area contributed by atoms with Crippen molar-refractivity contribution in [3.05, 3.63) is 29.3 Å². The van der Waals surface area contributed by atoms with E-state index in [9.17, 15) is 18.4 Å². The second kappa shape index (κ2) is 10.8. The number of halogens is 3. The molecule has 0 unspecified atom stereocenters. The van der Waals surface area contributed by atoms with Crippen molar-refractivity contribution in [3.8, 4) is 5.75 Å². The number of piperidine rings is 1. The zero-order chi connectivity index (χ0) is 22.3. The number of carbonyl (C=O) groups is 2. The maximum Gasteiger partial charge on any atom is 0.410 e. The van der Waals surface area contributed by atoms with Crippen molar-refractivity contribution < 1.29 is 27.8 Å². The summed E-state index contributed by atoms with van der Waals surface area (Å²) in [6, 6.07) is 5.24. The molecule has 6 nitrogen and oxygen atoms in total. The number of hydrogen-bond acceptors (Lipinski definition) is 4. The molecule has 0 radical (unpaired) electrons. The number of alkyl halides is 3. The molecule has 0 atom stereocenters. The molecule has 1 aliphatic heterocycles. The molecule has 1 fully saturated rings. The van der Waals surface area contributed by atoms with E-state index in [2.05, 4.69) is 5.32 Å². The Balaban J connectivity index is 2.04. The van der Waals surface area contributed by atoms with Gasteiger partial charge in [0.05, 0.1) is 0 Å². The average molecular weight is 447 g/mol. The number of likely N-dealkylation sites (tertiary alicyclic amines) is 1. The Morgan fingerprint density at radius 2 is 1.93 bits per heavy atom. The second-order valence-corrected chi connectivity index (χ2v) is 8.49. The summed E-state index contributed by atoms with van der Waals surface area (Å²) in [5, 5.41) is 2.64. The third kappa shape index (κ3) is 7.63. The quantitative estimate of drug-likeness (QED) is 0.634. The number of ether oxygens (including phenoxy) is 2. The molecule has 0 saturated carbocycles. The average Bonchev–Trinajstić information content (AvgIpc) is 2.66. The number of rotatable bonds is 7. The van der Waals surface area contributed by atoms with Gasteiger partial charge in [-0.25, -0.2) is 4.79 Å². The van der Waals surface area contributed by atoms with Gasteiger partial charge in [-0.05, 0) is 63.1 Å². The predicted molar refractivity (Wildman–Crippen MR) is 110 cm³/mol. The number of hydrogen-bond donors (Lipinski definition) is 1. The van der Waals surface area contributed by atoms with Crippen LogP contribution in [-0.2, 0) is 16.0 Å². The second-order valence-electron chi connectivity index (χ2n) is 8.23. The first-order valence-electron chi connectivity index (χ1n) is 9.97. The van der Waals surface area contributed by atoms with E-state index in [1.54, 1.807) is 17.0 Å². The lowest BCUT2D eigenvalue weighted by Gasteiger charge is -2.34. The Labute approximate surface area is 180 Å². The van der Waals surface area contributed by atoms with Gasteiger partial charge >= 0.3 is 12.7 Å². The third-order valence-corrected chi connectivity index (χ3v) is 4.98.